The van der Waals surface area contributed by atoms with E-state index in [1.165, 1.54) is 25.7 Å². The van der Waals surface area contributed by atoms with E-state index >= 15 is 4.79 Å². The first-order valence-electron chi connectivity index (χ1n) is 42.1. The summed E-state index contributed by atoms with van der Waals surface area (Å²) in [6, 6.07) is -5.11. The Morgan fingerprint density at radius 2 is 0.650 bits per heavy atom. The Balaban J connectivity index is 2.01. The van der Waals surface area contributed by atoms with E-state index in [1.807, 2.05) is 134 Å². The number of nitrogens with zero attached hydrogens (tertiary/aromatic N) is 1. The maximum atomic E-state index is 15.4. The van der Waals surface area contributed by atoms with E-state index in [9.17, 15) is 93.9 Å². The third kappa shape index (κ3) is 39.8. The van der Waals surface area contributed by atoms with E-state index in [0.717, 1.165) is 0 Å². The van der Waals surface area contributed by atoms with Gasteiger partial charge in [0.25, 0.3) is 0 Å². The van der Waals surface area contributed by atoms with Gasteiger partial charge in [0, 0.05) is 64.3 Å². The lowest BCUT2D eigenvalue weighted by atomic mass is 9.73. The Labute approximate surface area is 739 Å². The number of amides is 11. The van der Waals surface area contributed by atoms with Crippen LogP contribution in [0.5, 0.6) is 0 Å². The Morgan fingerprint density at radius 3 is 0.935 bits per heavy atom. The van der Waals surface area contributed by atoms with Crippen LogP contribution in [0.1, 0.15) is 211 Å². The zero-order chi connectivity index (χ0) is 94.2. The van der Waals surface area contributed by atoms with Crippen molar-refractivity contribution in [3.05, 3.63) is 0 Å². The molecule has 3 heterocycles. The van der Waals surface area contributed by atoms with Crippen molar-refractivity contribution in [3.8, 4) is 0 Å². The maximum absolute atomic E-state index is 15.4. The molecule has 0 aliphatic carbocycles. The van der Waals surface area contributed by atoms with E-state index < -0.39 is 259 Å². The highest BCUT2D eigenvalue weighted by Gasteiger charge is 2.51. The molecule has 11 amide bonds. The minimum atomic E-state index is -1.56. The number of aliphatic hydroxyl groups is 9. The van der Waals surface area contributed by atoms with E-state index in [-0.39, 0.29) is 76.5 Å². The van der Waals surface area contributed by atoms with Crippen LogP contribution >= 0.6 is 23.0 Å². The van der Waals surface area contributed by atoms with Crippen LogP contribution in [0.2, 0.25) is 0 Å². The molecule has 3 saturated heterocycles. The minimum Gasteiger partial charge on any atom is -0.394 e. The quantitative estimate of drug-likeness (QED) is 0.0316. The van der Waals surface area contributed by atoms with Gasteiger partial charge in [-0.3, -0.25) is 57.6 Å². The highest BCUT2D eigenvalue weighted by atomic mass is 127. The summed E-state index contributed by atoms with van der Waals surface area (Å²) in [7, 11) is 0. The lowest BCUT2D eigenvalue weighted by Gasteiger charge is -2.44. The van der Waals surface area contributed by atoms with Gasteiger partial charge in [0.1, 0.15) is 96.1 Å². The molecule has 3 rings (SSSR count). The number of carbonyl (C=O) groups excluding carboxylic acids is 11. The topological polar surface area (TPSA) is 570 Å². The smallest absolute Gasteiger partial charge is 0.239 e. The third-order valence-electron chi connectivity index (χ3n) is 21.2. The zero-order valence-corrected chi connectivity index (χ0v) is 78.9. The Kier molecular flexibility index (Phi) is 43.5. The first-order valence-corrected chi connectivity index (χ1v) is 43.0. The molecule has 712 valence electrons. The van der Waals surface area contributed by atoms with Gasteiger partial charge in [-0.1, -0.05) is 111 Å². The molecule has 20 N–H and O–H groups in total. The fourth-order valence-electron chi connectivity index (χ4n) is 17.6. The fraction of sp³-hybridized carbons (Fsp3) is 0.867. The Bertz CT molecular complexity index is 3340. The summed E-state index contributed by atoms with van der Waals surface area (Å²) in [5.41, 5.74) is -7.54. The average Bonchev–Trinajstić information content (AvgIpc) is 0.760. The number of rotatable bonds is 52. The van der Waals surface area contributed by atoms with Gasteiger partial charge < -0.3 is 136 Å². The number of hydrogen-bond acceptors (Lipinski definition) is 28. The monoisotopic (exact) mass is 1870 g/mol. The van der Waals surface area contributed by atoms with Gasteiger partial charge in [-0.2, -0.15) is 0 Å². The van der Waals surface area contributed by atoms with Gasteiger partial charge in [0.15, 0.2) is 18.9 Å². The van der Waals surface area contributed by atoms with Crippen LogP contribution in [0.4, 0.5) is 0 Å². The molecule has 0 radical (unpaired) electrons. The SMILES string of the molecule is CC(=O)NC1C(OCC(C)(C)CC(C)(C)CNC(=O)CNC(=O)CN(CC(=O)NCC(=O)NCC(C)(C)CC(C)(C)COC2OC(CO)C(O)C(O)C2NC(C)=O)C(C(=O)NCC(=O)NCC(C)(C)CC(C)(C)COC2OC(CO)C(O)C(O)C2NC(C)=O)C(C)(C)CC(C)(C)NC(=O)CCCC(=O)NC(C)(C)CC(C)(C)COI)OC(CO)C(O)C1O. The van der Waals surface area contributed by atoms with Gasteiger partial charge in [0.05, 0.1) is 85.0 Å². The summed E-state index contributed by atoms with van der Waals surface area (Å²) in [5.74, 6) is -6.83. The average molecular weight is 1880 g/mol. The number of nitrogens with one attached hydrogen (secondary N) is 11. The summed E-state index contributed by atoms with van der Waals surface area (Å²) in [6.45, 7) is 35.9. The van der Waals surface area contributed by atoms with E-state index in [0.29, 0.717) is 32.3 Å². The number of carbonyl (C=O) groups is 11. The minimum absolute atomic E-state index is 0.0165. The van der Waals surface area contributed by atoms with Gasteiger partial charge in [0.2, 0.25) is 65.0 Å². The normalized spacial score (nSPS) is 24.3. The van der Waals surface area contributed by atoms with Crippen LogP contribution < -0.4 is 58.5 Å². The molecule has 3 aliphatic rings. The molecular formula is C83H151IN12O27. The second-order valence-electron chi connectivity index (χ2n) is 41.1. The molecule has 0 aromatic carbocycles. The van der Waals surface area contributed by atoms with Crippen LogP contribution in [0.15, 0.2) is 0 Å². The first-order chi connectivity index (χ1) is 56.3. The van der Waals surface area contributed by atoms with Crippen molar-refractivity contribution in [1.82, 2.24) is 63.4 Å². The maximum Gasteiger partial charge on any atom is 0.239 e. The van der Waals surface area contributed by atoms with Gasteiger partial charge in [-0.05, 0) is 110 Å². The molecule has 16 atom stereocenters. The lowest BCUT2D eigenvalue weighted by Crippen LogP contribution is -2.64. The lowest BCUT2D eigenvalue weighted by molar-refractivity contribution is -0.276. The van der Waals surface area contributed by atoms with Crippen LogP contribution in [0, 0.1) is 43.3 Å². The van der Waals surface area contributed by atoms with Crippen molar-refractivity contribution < 1.29 is 130 Å². The molecule has 3 fully saturated rings. The van der Waals surface area contributed by atoms with E-state index in [2.05, 4.69) is 58.5 Å². The van der Waals surface area contributed by atoms with Crippen LogP contribution in [-0.2, 0) is 84.2 Å². The summed E-state index contributed by atoms with van der Waals surface area (Å²) >= 11 is 1.83. The van der Waals surface area contributed by atoms with Crippen LogP contribution in [0.25, 0.3) is 0 Å². The van der Waals surface area contributed by atoms with Gasteiger partial charge in [-0.15, -0.1) is 0 Å². The summed E-state index contributed by atoms with van der Waals surface area (Å²) in [5, 5.41) is 124. The molecule has 40 heteroatoms. The Hall–Kier alpha value is -5.78. The van der Waals surface area contributed by atoms with Crippen molar-refractivity contribution >= 4 is 88.0 Å². The van der Waals surface area contributed by atoms with Crippen molar-refractivity contribution in [1.29, 1.82) is 0 Å². The third-order valence-corrected chi connectivity index (χ3v) is 21.5. The predicted molar refractivity (Wildman–Crippen MR) is 459 cm³/mol. The highest BCUT2D eigenvalue weighted by molar-refractivity contribution is 14.1. The van der Waals surface area contributed by atoms with Crippen LogP contribution in [-0.4, -0.2) is 323 Å². The second kappa shape index (κ2) is 48.0. The van der Waals surface area contributed by atoms with Gasteiger partial charge >= 0.3 is 0 Å². The molecule has 0 aromatic heterocycles. The standard InChI is InChI=1S/C83H151IN12O27/c1-47(100)91-60-66(113)63(110)50(32-97)121-71(60)117-43-77(10,11)35-74(4,5)40-88-55(105)27-85-58(108)30-96(31-59(109)86-28-56(106)89-41-75(6,7)36-78(12,13)44-118-72-61(92-48(2)101)67(114)64(111)51(33-98)122-72)69(81(18,19)39-83(22,23)95-54(104)26-24-25-53(103)94-82(20,21)38-80(16,17)46-120-84)70(116)87-29-57(107)90-42-76(8,9)37-79(14,15)45-119-73-62(93-49(3)102)68(115)65(112)52(34-99)123-73/h50-52,60-69,71-73,97-99,110-115H,24-46H2,1-23H3,(H,85,108)(H,86,109)(H,87,116)(H,88,105)(H,89,106)(H,90,107)(H,91,100)(H,92,101)(H,93,102)(H,94,103)(H,95,104). The van der Waals surface area contributed by atoms with Crippen molar-refractivity contribution in [2.24, 2.45) is 43.3 Å². The van der Waals surface area contributed by atoms with Crippen molar-refractivity contribution in [2.75, 3.05) is 98.6 Å². The second-order valence-corrected chi connectivity index (χ2v) is 41.8. The van der Waals surface area contributed by atoms with E-state index in [1.54, 1.807) is 27.7 Å². The van der Waals surface area contributed by atoms with Crippen molar-refractivity contribution in [2.45, 2.75) is 320 Å². The van der Waals surface area contributed by atoms with Gasteiger partial charge in [-0.25, -0.2) is 0 Å². The zero-order valence-electron chi connectivity index (χ0n) is 76.7. The fourth-order valence-corrected chi connectivity index (χ4v) is 18.4. The summed E-state index contributed by atoms with van der Waals surface area (Å²) in [4.78, 5) is 151. The van der Waals surface area contributed by atoms with E-state index in [4.69, 9.17) is 31.5 Å². The number of hydrogen-bond donors (Lipinski definition) is 20. The number of ether oxygens (including phenoxy) is 6. The Morgan fingerprint density at radius 1 is 0.366 bits per heavy atom. The summed E-state index contributed by atoms with van der Waals surface area (Å²) in [6.07, 6.45) is -14.9. The highest BCUT2D eigenvalue weighted by Crippen LogP contribution is 2.40. The number of halogens is 1. The molecule has 0 spiro atoms. The molecule has 0 bridgehead atoms. The molecular weight excluding hydrogens is 1720 g/mol. The molecule has 0 aromatic rings. The molecule has 3 aliphatic heterocycles. The predicted octanol–water partition coefficient (Wildman–Crippen LogP) is -1.28. The first kappa shape index (κ1) is 111. The largest absolute Gasteiger partial charge is 0.394 e. The molecule has 123 heavy (non-hydrogen) atoms. The summed E-state index contributed by atoms with van der Waals surface area (Å²) < 4.78 is 41.0. The van der Waals surface area contributed by atoms with Crippen molar-refractivity contribution in [3.63, 3.8) is 0 Å². The molecule has 16 unspecified atom stereocenters. The molecule has 0 saturated carbocycles. The molecule has 39 nitrogen and oxygen atoms in total. The van der Waals surface area contributed by atoms with Crippen LogP contribution in [0.3, 0.4) is 0 Å². The number of aliphatic hydroxyl groups excluding tert-OH is 9.